The lowest BCUT2D eigenvalue weighted by Crippen LogP contribution is -2.35. The SMILES string of the molecule is CC(C)(CO)Nc1nccc2c(N)ccc(Cl)c12. The maximum atomic E-state index is 9.30. The first kappa shape index (κ1) is 12.9. The Morgan fingerprint density at radius 1 is 1.39 bits per heavy atom. The summed E-state index contributed by atoms with van der Waals surface area (Å²) in [7, 11) is 0. The van der Waals surface area contributed by atoms with Crippen LogP contribution in [0.3, 0.4) is 0 Å². The van der Waals surface area contributed by atoms with E-state index in [1.165, 1.54) is 0 Å². The number of halogens is 1. The van der Waals surface area contributed by atoms with Gasteiger partial charge in [0.05, 0.1) is 17.2 Å². The van der Waals surface area contributed by atoms with Crippen molar-refractivity contribution < 1.29 is 5.11 Å². The molecule has 0 aliphatic rings. The van der Waals surface area contributed by atoms with E-state index >= 15 is 0 Å². The summed E-state index contributed by atoms with van der Waals surface area (Å²) >= 11 is 6.21. The molecule has 0 saturated carbocycles. The number of fused-ring (bicyclic) bond motifs is 1. The van der Waals surface area contributed by atoms with Gasteiger partial charge >= 0.3 is 0 Å². The van der Waals surface area contributed by atoms with Crippen LogP contribution in [0.4, 0.5) is 11.5 Å². The molecule has 1 heterocycles. The third-order valence-corrected chi connectivity index (χ3v) is 3.08. The number of nitrogens with zero attached hydrogens (tertiary/aromatic N) is 1. The molecule has 96 valence electrons. The van der Waals surface area contributed by atoms with Gasteiger partial charge in [-0.25, -0.2) is 4.98 Å². The van der Waals surface area contributed by atoms with E-state index < -0.39 is 5.54 Å². The van der Waals surface area contributed by atoms with Crippen molar-refractivity contribution in [1.82, 2.24) is 4.98 Å². The Kier molecular flexibility index (Phi) is 3.32. The minimum absolute atomic E-state index is 0.00893. The van der Waals surface area contributed by atoms with Crippen LogP contribution < -0.4 is 11.1 Å². The molecule has 2 aromatic rings. The van der Waals surface area contributed by atoms with Crippen molar-refractivity contribution in [2.45, 2.75) is 19.4 Å². The minimum atomic E-state index is -0.477. The number of rotatable bonds is 3. The van der Waals surface area contributed by atoms with Gasteiger partial charge in [-0.3, -0.25) is 0 Å². The summed E-state index contributed by atoms with van der Waals surface area (Å²) in [5, 5.41) is 14.7. The summed E-state index contributed by atoms with van der Waals surface area (Å²) in [4.78, 5) is 4.28. The number of aliphatic hydroxyl groups excluding tert-OH is 1. The zero-order valence-corrected chi connectivity index (χ0v) is 11.1. The number of hydrogen-bond donors (Lipinski definition) is 3. The molecule has 5 heteroatoms. The van der Waals surface area contributed by atoms with Gasteiger partial charge in [-0.05, 0) is 32.0 Å². The average Bonchev–Trinajstić information content (AvgIpc) is 2.34. The van der Waals surface area contributed by atoms with Crippen LogP contribution in [-0.2, 0) is 0 Å². The Morgan fingerprint density at radius 3 is 2.78 bits per heavy atom. The lowest BCUT2D eigenvalue weighted by molar-refractivity contribution is 0.234. The Bertz CT molecular complexity index is 584. The number of benzene rings is 1. The molecule has 0 unspecified atom stereocenters. The molecule has 0 saturated heterocycles. The van der Waals surface area contributed by atoms with E-state index in [9.17, 15) is 5.11 Å². The van der Waals surface area contributed by atoms with Gasteiger partial charge in [-0.2, -0.15) is 0 Å². The van der Waals surface area contributed by atoms with Crippen LogP contribution in [0.25, 0.3) is 10.8 Å². The van der Waals surface area contributed by atoms with E-state index in [2.05, 4.69) is 10.3 Å². The minimum Gasteiger partial charge on any atom is -0.398 e. The molecular formula is C13H16ClN3O. The molecule has 0 bridgehead atoms. The summed E-state index contributed by atoms with van der Waals surface area (Å²) in [5.74, 6) is 0.629. The van der Waals surface area contributed by atoms with Crippen LogP contribution in [0.2, 0.25) is 5.02 Å². The second kappa shape index (κ2) is 4.63. The number of nitrogen functional groups attached to an aromatic ring is 1. The lowest BCUT2D eigenvalue weighted by atomic mass is 10.1. The first-order valence-electron chi connectivity index (χ1n) is 5.66. The number of aliphatic hydroxyl groups is 1. The molecule has 0 fully saturated rings. The lowest BCUT2D eigenvalue weighted by Gasteiger charge is -2.25. The van der Waals surface area contributed by atoms with Gasteiger partial charge in [0.2, 0.25) is 0 Å². The van der Waals surface area contributed by atoms with Crippen molar-refractivity contribution in [2.75, 3.05) is 17.7 Å². The molecule has 0 spiro atoms. The predicted molar refractivity (Wildman–Crippen MR) is 76.0 cm³/mol. The second-order valence-corrected chi connectivity index (χ2v) is 5.29. The summed E-state index contributed by atoms with van der Waals surface area (Å²) in [6, 6.07) is 5.34. The molecule has 18 heavy (non-hydrogen) atoms. The van der Waals surface area contributed by atoms with Crippen molar-refractivity contribution in [3.63, 3.8) is 0 Å². The maximum absolute atomic E-state index is 9.30. The number of pyridine rings is 1. The molecule has 0 aliphatic heterocycles. The van der Waals surface area contributed by atoms with Gasteiger partial charge in [0, 0.05) is 22.7 Å². The number of aromatic nitrogens is 1. The van der Waals surface area contributed by atoms with Crippen LogP contribution in [0.1, 0.15) is 13.8 Å². The van der Waals surface area contributed by atoms with E-state index in [4.69, 9.17) is 17.3 Å². The molecule has 0 radical (unpaired) electrons. The zero-order chi connectivity index (χ0) is 13.3. The highest BCUT2D eigenvalue weighted by Gasteiger charge is 2.19. The van der Waals surface area contributed by atoms with Crippen LogP contribution in [-0.4, -0.2) is 22.2 Å². The molecule has 4 N–H and O–H groups in total. The summed E-state index contributed by atoms with van der Waals surface area (Å²) < 4.78 is 0. The molecule has 2 rings (SSSR count). The van der Waals surface area contributed by atoms with Gasteiger partial charge in [0.1, 0.15) is 5.82 Å². The first-order chi connectivity index (χ1) is 8.44. The predicted octanol–water partition coefficient (Wildman–Crippen LogP) is 2.65. The van der Waals surface area contributed by atoms with Crippen molar-refractivity contribution in [3.05, 3.63) is 29.4 Å². The average molecular weight is 266 g/mol. The molecule has 0 aliphatic carbocycles. The number of anilines is 2. The fourth-order valence-electron chi connectivity index (χ4n) is 1.73. The highest BCUT2D eigenvalue weighted by atomic mass is 35.5. The summed E-state index contributed by atoms with van der Waals surface area (Å²) in [6.07, 6.45) is 1.67. The molecule has 4 nitrogen and oxygen atoms in total. The zero-order valence-electron chi connectivity index (χ0n) is 10.4. The topological polar surface area (TPSA) is 71.2 Å². The van der Waals surface area contributed by atoms with E-state index in [-0.39, 0.29) is 6.61 Å². The van der Waals surface area contributed by atoms with Gasteiger partial charge in [-0.1, -0.05) is 11.6 Å². The second-order valence-electron chi connectivity index (χ2n) is 4.89. The molecule has 0 atom stereocenters. The number of nitrogens with two attached hydrogens (primary N) is 1. The quantitative estimate of drug-likeness (QED) is 0.746. The highest BCUT2D eigenvalue weighted by molar-refractivity contribution is 6.37. The Balaban J connectivity index is 2.62. The van der Waals surface area contributed by atoms with E-state index in [0.29, 0.717) is 16.5 Å². The van der Waals surface area contributed by atoms with E-state index in [0.717, 1.165) is 10.8 Å². The standard InChI is InChI=1S/C13H16ClN3O/c1-13(2,7-18)17-12-11-8(5-6-16-12)10(15)4-3-9(11)14/h3-6,18H,7,15H2,1-2H3,(H,16,17). The van der Waals surface area contributed by atoms with Gasteiger partial charge in [0.25, 0.3) is 0 Å². The third kappa shape index (κ3) is 2.35. The smallest absolute Gasteiger partial charge is 0.135 e. The van der Waals surface area contributed by atoms with Gasteiger partial charge in [0.15, 0.2) is 0 Å². The highest BCUT2D eigenvalue weighted by Crippen LogP contribution is 2.33. The van der Waals surface area contributed by atoms with E-state index in [1.807, 2.05) is 19.9 Å². The van der Waals surface area contributed by atoms with Crippen LogP contribution in [0.5, 0.6) is 0 Å². The molecule has 1 aromatic carbocycles. The fraction of sp³-hybridized carbons (Fsp3) is 0.308. The third-order valence-electron chi connectivity index (χ3n) is 2.76. The van der Waals surface area contributed by atoms with Crippen molar-refractivity contribution >= 4 is 33.9 Å². The van der Waals surface area contributed by atoms with Crippen molar-refractivity contribution in [3.8, 4) is 0 Å². The van der Waals surface area contributed by atoms with Crippen molar-refractivity contribution in [1.29, 1.82) is 0 Å². The van der Waals surface area contributed by atoms with Gasteiger partial charge in [-0.15, -0.1) is 0 Å². The van der Waals surface area contributed by atoms with Crippen LogP contribution in [0, 0.1) is 0 Å². The fourth-order valence-corrected chi connectivity index (χ4v) is 1.99. The normalized spacial score (nSPS) is 11.8. The molecule has 0 amide bonds. The Hall–Kier alpha value is -1.52. The largest absolute Gasteiger partial charge is 0.398 e. The molecule has 1 aromatic heterocycles. The Labute approximate surface area is 111 Å². The summed E-state index contributed by atoms with van der Waals surface area (Å²) in [6.45, 7) is 3.76. The van der Waals surface area contributed by atoms with Crippen LogP contribution >= 0.6 is 11.6 Å². The molecular weight excluding hydrogens is 250 g/mol. The Morgan fingerprint density at radius 2 is 2.11 bits per heavy atom. The number of hydrogen-bond acceptors (Lipinski definition) is 4. The van der Waals surface area contributed by atoms with Crippen molar-refractivity contribution in [2.24, 2.45) is 0 Å². The maximum Gasteiger partial charge on any atom is 0.135 e. The number of nitrogens with one attached hydrogen (secondary N) is 1. The van der Waals surface area contributed by atoms with Gasteiger partial charge < -0.3 is 16.2 Å². The van der Waals surface area contributed by atoms with E-state index in [1.54, 1.807) is 18.3 Å². The monoisotopic (exact) mass is 265 g/mol. The van der Waals surface area contributed by atoms with Crippen LogP contribution in [0.15, 0.2) is 24.4 Å². The summed E-state index contributed by atoms with van der Waals surface area (Å²) in [5.41, 5.74) is 6.10. The first-order valence-corrected chi connectivity index (χ1v) is 6.04.